The zero-order chi connectivity index (χ0) is 19.3. The highest BCUT2D eigenvalue weighted by Gasteiger charge is 2.36. The summed E-state index contributed by atoms with van der Waals surface area (Å²) in [7, 11) is 0. The first kappa shape index (κ1) is 19.6. The average molecular weight is 359 g/mol. The van der Waals surface area contributed by atoms with Crippen molar-refractivity contribution in [1.29, 1.82) is 0 Å². The Morgan fingerprint density at radius 2 is 1.92 bits per heavy atom. The number of rotatable bonds is 7. The van der Waals surface area contributed by atoms with Crippen molar-refractivity contribution in [2.24, 2.45) is 5.10 Å². The van der Waals surface area contributed by atoms with Crippen LogP contribution >= 0.6 is 0 Å². The number of anilines is 1. The fourth-order valence-electron chi connectivity index (χ4n) is 2.77. The lowest BCUT2D eigenvalue weighted by Gasteiger charge is -2.25. The van der Waals surface area contributed by atoms with Crippen LogP contribution in [0.2, 0.25) is 0 Å². The van der Waals surface area contributed by atoms with Gasteiger partial charge in [-0.3, -0.25) is 19.4 Å². The fraction of sp³-hybridized carbons (Fsp3) is 0.474. The van der Waals surface area contributed by atoms with Gasteiger partial charge in [0.25, 0.3) is 5.91 Å². The topological polar surface area (TPSA) is 79.3 Å². The molecule has 26 heavy (non-hydrogen) atoms. The Hall–Kier alpha value is -2.70. The van der Waals surface area contributed by atoms with Gasteiger partial charge in [0, 0.05) is 12.5 Å². The molecule has 1 atom stereocenters. The van der Waals surface area contributed by atoms with Crippen LogP contribution in [0.4, 0.5) is 5.69 Å². The molecule has 7 nitrogen and oxygen atoms in total. The molecule has 1 aliphatic rings. The first-order valence-corrected chi connectivity index (χ1v) is 8.74. The van der Waals surface area contributed by atoms with Gasteiger partial charge in [0.05, 0.1) is 12.3 Å². The number of nitrogens with zero attached hydrogens (tertiary/aromatic N) is 3. The minimum Gasteiger partial charge on any atom is -0.465 e. The Morgan fingerprint density at radius 1 is 1.27 bits per heavy atom. The van der Waals surface area contributed by atoms with E-state index in [0.717, 1.165) is 5.69 Å². The highest BCUT2D eigenvalue weighted by molar-refractivity contribution is 6.40. The number of esters is 1. The smallest absolute Gasteiger partial charge is 0.325 e. The third-order valence-electron chi connectivity index (χ3n) is 4.14. The highest BCUT2D eigenvalue weighted by Crippen LogP contribution is 2.25. The molecule has 0 radical (unpaired) electrons. The number of ether oxygens (including phenoxy) is 1. The van der Waals surface area contributed by atoms with E-state index in [1.807, 2.05) is 44.2 Å². The number of hydrazone groups is 1. The molecule has 0 saturated heterocycles. The van der Waals surface area contributed by atoms with Crippen molar-refractivity contribution < 1.29 is 19.1 Å². The first-order valence-electron chi connectivity index (χ1n) is 8.74. The third kappa shape index (κ3) is 4.47. The van der Waals surface area contributed by atoms with E-state index in [4.69, 9.17) is 4.74 Å². The minimum atomic E-state index is -0.520. The van der Waals surface area contributed by atoms with Gasteiger partial charge in [-0.25, -0.2) is 0 Å². The number of hydrogen-bond donors (Lipinski definition) is 0. The van der Waals surface area contributed by atoms with Crippen molar-refractivity contribution in [2.45, 2.75) is 46.2 Å². The fourth-order valence-corrected chi connectivity index (χ4v) is 2.77. The summed E-state index contributed by atoms with van der Waals surface area (Å²) in [6, 6.07) is 8.53. The quantitative estimate of drug-likeness (QED) is 0.696. The molecule has 2 rings (SSSR count). The van der Waals surface area contributed by atoms with Crippen LogP contribution in [-0.2, 0) is 19.1 Å². The normalized spacial score (nSPS) is 16.4. The molecule has 0 spiro atoms. The molecule has 0 aliphatic carbocycles. The molecule has 0 aromatic heterocycles. The van der Waals surface area contributed by atoms with Gasteiger partial charge in [0.15, 0.2) is 5.78 Å². The molecule has 0 N–H and O–H groups in total. The zero-order valence-electron chi connectivity index (χ0n) is 15.6. The van der Waals surface area contributed by atoms with Crippen LogP contribution in [0.5, 0.6) is 0 Å². The third-order valence-corrected chi connectivity index (χ3v) is 4.14. The Labute approximate surface area is 153 Å². The summed E-state index contributed by atoms with van der Waals surface area (Å²) in [5, 5.41) is 5.99. The number of carbonyl (C=O) groups excluding carboxylic acids is 3. The van der Waals surface area contributed by atoms with Crippen LogP contribution in [0.15, 0.2) is 35.4 Å². The van der Waals surface area contributed by atoms with Crippen LogP contribution in [-0.4, -0.2) is 53.5 Å². The molecule has 1 aliphatic heterocycles. The first-order chi connectivity index (χ1) is 12.3. The molecular formula is C19H25N3O4. The van der Waals surface area contributed by atoms with Gasteiger partial charge in [-0.2, -0.15) is 5.10 Å². The van der Waals surface area contributed by atoms with Crippen LogP contribution < -0.4 is 5.01 Å². The van der Waals surface area contributed by atoms with E-state index in [1.165, 1.54) is 11.8 Å². The van der Waals surface area contributed by atoms with E-state index in [-0.39, 0.29) is 43.0 Å². The Balaban J connectivity index is 2.26. The van der Waals surface area contributed by atoms with E-state index < -0.39 is 12.0 Å². The lowest BCUT2D eigenvalue weighted by Crippen LogP contribution is -2.44. The monoisotopic (exact) mass is 359 g/mol. The standard InChI is InChI=1S/C19H25N3O4/c1-5-26-18(24)12-21(13(2)3)19(25)16-11-17(14(4)23)22(20-16)15-9-7-6-8-10-15/h6-10,13,17H,5,11-12H2,1-4H3. The Kier molecular flexibility index (Phi) is 6.49. The van der Waals surface area contributed by atoms with Gasteiger partial charge in [0.1, 0.15) is 18.3 Å². The molecule has 0 bridgehead atoms. The molecule has 140 valence electrons. The summed E-state index contributed by atoms with van der Waals surface area (Å²) in [6.07, 6.45) is 0.217. The van der Waals surface area contributed by atoms with Crippen LogP contribution in [0, 0.1) is 0 Å². The van der Waals surface area contributed by atoms with Gasteiger partial charge in [-0.15, -0.1) is 0 Å². The van der Waals surface area contributed by atoms with Gasteiger partial charge in [-0.05, 0) is 39.8 Å². The Bertz CT molecular complexity index is 700. The minimum absolute atomic E-state index is 0.0677. The summed E-state index contributed by atoms with van der Waals surface area (Å²) in [5.41, 5.74) is 1.02. The largest absolute Gasteiger partial charge is 0.465 e. The highest BCUT2D eigenvalue weighted by atomic mass is 16.5. The number of Topliss-reactive ketones (excluding diaryl/α,β-unsaturated/α-hetero) is 1. The maximum atomic E-state index is 12.9. The van der Waals surface area contributed by atoms with Crippen LogP contribution in [0.3, 0.4) is 0 Å². The van der Waals surface area contributed by atoms with Gasteiger partial charge in [0.2, 0.25) is 0 Å². The average Bonchev–Trinajstić information content (AvgIpc) is 3.05. The van der Waals surface area contributed by atoms with E-state index in [0.29, 0.717) is 0 Å². The Morgan fingerprint density at radius 3 is 2.46 bits per heavy atom. The molecule has 1 unspecified atom stereocenters. The molecule has 1 aromatic carbocycles. The van der Waals surface area contributed by atoms with E-state index in [9.17, 15) is 14.4 Å². The lowest BCUT2D eigenvalue weighted by molar-refractivity contribution is -0.148. The predicted molar refractivity (Wildman–Crippen MR) is 98.9 cm³/mol. The molecule has 7 heteroatoms. The zero-order valence-corrected chi connectivity index (χ0v) is 15.6. The summed E-state index contributed by atoms with van der Waals surface area (Å²) >= 11 is 0. The molecule has 0 saturated carbocycles. The second-order valence-electron chi connectivity index (χ2n) is 6.39. The second kappa shape index (κ2) is 8.60. The molecule has 1 amide bonds. The summed E-state index contributed by atoms with van der Waals surface area (Å²) < 4.78 is 4.95. The molecular weight excluding hydrogens is 334 g/mol. The van der Waals surface area contributed by atoms with Crippen molar-refractivity contribution in [3.05, 3.63) is 30.3 Å². The maximum absolute atomic E-state index is 12.9. The SMILES string of the molecule is CCOC(=O)CN(C(=O)C1=NN(c2ccccc2)C(C(C)=O)C1)C(C)C. The van der Waals surface area contributed by atoms with E-state index >= 15 is 0 Å². The number of hydrogen-bond acceptors (Lipinski definition) is 6. The van der Waals surface area contributed by atoms with Crippen molar-refractivity contribution >= 4 is 29.1 Å². The summed E-state index contributed by atoms with van der Waals surface area (Å²) in [4.78, 5) is 38.2. The summed E-state index contributed by atoms with van der Waals surface area (Å²) in [6.45, 7) is 6.97. The van der Waals surface area contributed by atoms with Crippen LogP contribution in [0.25, 0.3) is 0 Å². The van der Waals surface area contributed by atoms with Crippen molar-refractivity contribution in [3.8, 4) is 0 Å². The summed E-state index contributed by atoms with van der Waals surface area (Å²) in [5.74, 6) is -0.879. The van der Waals surface area contributed by atoms with Gasteiger partial charge < -0.3 is 9.64 Å². The molecule has 0 fully saturated rings. The molecule has 1 aromatic rings. The number of ketones is 1. The second-order valence-corrected chi connectivity index (χ2v) is 6.39. The number of benzene rings is 1. The number of para-hydroxylation sites is 1. The molecule has 1 heterocycles. The van der Waals surface area contributed by atoms with Gasteiger partial charge in [-0.1, -0.05) is 18.2 Å². The van der Waals surface area contributed by atoms with Crippen molar-refractivity contribution in [2.75, 3.05) is 18.2 Å². The maximum Gasteiger partial charge on any atom is 0.325 e. The van der Waals surface area contributed by atoms with Crippen molar-refractivity contribution in [1.82, 2.24) is 4.90 Å². The van der Waals surface area contributed by atoms with Crippen LogP contribution in [0.1, 0.15) is 34.1 Å². The number of carbonyl (C=O) groups is 3. The van der Waals surface area contributed by atoms with E-state index in [1.54, 1.807) is 11.9 Å². The van der Waals surface area contributed by atoms with Crippen molar-refractivity contribution in [3.63, 3.8) is 0 Å². The van der Waals surface area contributed by atoms with Gasteiger partial charge >= 0.3 is 5.97 Å². The number of amides is 1. The predicted octanol–water partition coefficient (Wildman–Crippen LogP) is 2.01. The van der Waals surface area contributed by atoms with E-state index in [2.05, 4.69) is 5.10 Å². The lowest BCUT2D eigenvalue weighted by atomic mass is 10.1.